The van der Waals surface area contributed by atoms with Crippen LogP contribution in [0.3, 0.4) is 0 Å². The predicted octanol–water partition coefficient (Wildman–Crippen LogP) is 1.08. The summed E-state index contributed by atoms with van der Waals surface area (Å²) in [5, 5.41) is 15.9. The van der Waals surface area contributed by atoms with Gasteiger partial charge in [-0.3, -0.25) is 0 Å². The van der Waals surface area contributed by atoms with Gasteiger partial charge in [-0.05, 0) is 12.1 Å². The Kier molecular flexibility index (Phi) is 2.85. The number of nitrogens with zero attached hydrogens (tertiary/aromatic N) is 2. The second-order valence-electron chi connectivity index (χ2n) is 3.95. The molecule has 0 spiro atoms. The highest BCUT2D eigenvalue weighted by Crippen LogP contribution is 2.37. The molecule has 1 aromatic heterocycles. The first kappa shape index (κ1) is 11.0. The first-order valence-electron chi connectivity index (χ1n) is 5.82. The lowest BCUT2D eigenvalue weighted by Crippen LogP contribution is -2.18. The van der Waals surface area contributed by atoms with Gasteiger partial charge in [0.1, 0.15) is 6.61 Å². The van der Waals surface area contributed by atoms with Crippen LogP contribution >= 0.6 is 0 Å². The summed E-state index contributed by atoms with van der Waals surface area (Å²) < 4.78 is 10.8. The summed E-state index contributed by atoms with van der Waals surface area (Å²) >= 11 is 0. The second-order valence-corrected chi connectivity index (χ2v) is 3.95. The number of benzene rings is 1. The molecule has 2 heterocycles. The molecule has 0 radical (unpaired) electrons. The molecule has 1 aromatic carbocycles. The van der Waals surface area contributed by atoms with Crippen LogP contribution in [0.25, 0.3) is 11.5 Å². The monoisotopic (exact) mass is 247 g/mol. The minimum atomic E-state index is 0.00389. The molecule has 0 saturated carbocycles. The molecule has 0 amide bonds. The summed E-state index contributed by atoms with van der Waals surface area (Å²) in [6.07, 6.45) is 0.387. The van der Waals surface area contributed by atoms with Crippen molar-refractivity contribution in [3.05, 3.63) is 24.0 Å². The number of aliphatic hydroxyl groups is 1. The van der Waals surface area contributed by atoms with E-state index in [4.69, 9.17) is 14.4 Å². The van der Waals surface area contributed by atoms with Crippen molar-refractivity contribution in [2.24, 2.45) is 0 Å². The zero-order chi connectivity index (χ0) is 12.4. The van der Waals surface area contributed by atoms with E-state index in [1.807, 2.05) is 18.2 Å². The molecule has 94 valence electrons. The number of aromatic nitrogens is 2. The van der Waals surface area contributed by atoms with Crippen molar-refractivity contribution in [3.8, 4) is 17.2 Å². The zero-order valence-electron chi connectivity index (χ0n) is 9.72. The van der Waals surface area contributed by atoms with Crippen LogP contribution in [0, 0.1) is 0 Å². The minimum Gasteiger partial charge on any atom is -0.489 e. The number of hydrogen-bond donors (Lipinski definition) is 2. The number of anilines is 1. The Morgan fingerprint density at radius 3 is 3.22 bits per heavy atom. The second kappa shape index (κ2) is 4.66. The maximum atomic E-state index is 8.84. The van der Waals surface area contributed by atoms with E-state index in [-0.39, 0.29) is 6.61 Å². The van der Waals surface area contributed by atoms with Crippen molar-refractivity contribution in [3.63, 3.8) is 0 Å². The van der Waals surface area contributed by atoms with Gasteiger partial charge in [-0.1, -0.05) is 11.2 Å². The fourth-order valence-electron chi connectivity index (χ4n) is 1.90. The van der Waals surface area contributed by atoms with Gasteiger partial charge in [-0.25, -0.2) is 0 Å². The third kappa shape index (κ3) is 1.91. The summed E-state index contributed by atoms with van der Waals surface area (Å²) in [6, 6.07) is 5.73. The van der Waals surface area contributed by atoms with Gasteiger partial charge in [-0.15, -0.1) is 0 Å². The van der Waals surface area contributed by atoms with E-state index < -0.39 is 0 Å². The highest BCUT2D eigenvalue weighted by molar-refractivity contribution is 5.74. The SMILES string of the molecule is OCCc1noc(-c2cccc3c2OCCN3)n1. The maximum absolute atomic E-state index is 8.84. The van der Waals surface area contributed by atoms with Crippen LogP contribution in [0.4, 0.5) is 5.69 Å². The van der Waals surface area contributed by atoms with E-state index >= 15 is 0 Å². The Morgan fingerprint density at radius 1 is 1.39 bits per heavy atom. The number of fused-ring (bicyclic) bond motifs is 1. The van der Waals surface area contributed by atoms with E-state index in [2.05, 4.69) is 15.5 Å². The van der Waals surface area contributed by atoms with Crippen molar-refractivity contribution < 1.29 is 14.4 Å². The summed E-state index contributed by atoms with van der Waals surface area (Å²) in [7, 11) is 0. The van der Waals surface area contributed by atoms with Crippen molar-refractivity contribution >= 4 is 5.69 Å². The van der Waals surface area contributed by atoms with Crippen LogP contribution in [0.2, 0.25) is 0 Å². The van der Waals surface area contributed by atoms with Gasteiger partial charge in [0.2, 0.25) is 0 Å². The number of rotatable bonds is 3. The molecular formula is C12H13N3O3. The topological polar surface area (TPSA) is 80.4 Å². The predicted molar refractivity (Wildman–Crippen MR) is 64.5 cm³/mol. The number of ether oxygens (including phenoxy) is 1. The molecule has 1 aliphatic rings. The quantitative estimate of drug-likeness (QED) is 0.844. The molecule has 1 aliphatic heterocycles. The summed E-state index contributed by atoms with van der Waals surface area (Å²) in [5.41, 5.74) is 1.71. The van der Waals surface area contributed by atoms with E-state index in [9.17, 15) is 0 Å². The highest BCUT2D eigenvalue weighted by atomic mass is 16.5. The molecule has 0 fully saturated rings. The van der Waals surface area contributed by atoms with Gasteiger partial charge in [0.05, 0.1) is 17.9 Å². The molecule has 0 aliphatic carbocycles. The first-order valence-corrected chi connectivity index (χ1v) is 5.82. The number of aliphatic hydroxyl groups excluding tert-OH is 1. The Hall–Kier alpha value is -2.08. The van der Waals surface area contributed by atoms with E-state index in [1.165, 1.54) is 0 Å². The molecule has 6 heteroatoms. The van der Waals surface area contributed by atoms with Crippen LogP contribution < -0.4 is 10.1 Å². The average molecular weight is 247 g/mol. The third-order valence-corrected chi connectivity index (χ3v) is 2.71. The number of para-hydroxylation sites is 1. The van der Waals surface area contributed by atoms with Crippen molar-refractivity contribution in [1.82, 2.24) is 10.1 Å². The Morgan fingerprint density at radius 2 is 2.33 bits per heavy atom. The standard InChI is InChI=1S/C12H13N3O3/c16-6-4-10-14-12(18-15-10)8-2-1-3-9-11(8)17-7-5-13-9/h1-3,13,16H,4-7H2. The van der Waals surface area contributed by atoms with E-state index in [0.717, 1.165) is 23.5 Å². The molecule has 6 nitrogen and oxygen atoms in total. The number of nitrogens with one attached hydrogen (secondary N) is 1. The van der Waals surface area contributed by atoms with Crippen LogP contribution in [0.1, 0.15) is 5.82 Å². The van der Waals surface area contributed by atoms with Crippen molar-refractivity contribution in [1.29, 1.82) is 0 Å². The Balaban J connectivity index is 2.00. The van der Waals surface area contributed by atoms with Gasteiger partial charge in [0, 0.05) is 13.0 Å². The van der Waals surface area contributed by atoms with Crippen LogP contribution in [0.15, 0.2) is 22.7 Å². The molecule has 0 saturated heterocycles. The minimum absolute atomic E-state index is 0.00389. The summed E-state index contributed by atoms with van der Waals surface area (Å²) in [6.45, 7) is 1.40. The van der Waals surface area contributed by atoms with E-state index in [0.29, 0.717) is 24.7 Å². The van der Waals surface area contributed by atoms with Crippen molar-refractivity contribution in [2.75, 3.05) is 25.1 Å². The molecule has 0 unspecified atom stereocenters. The van der Waals surface area contributed by atoms with Crippen LogP contribution in [-0.4, -0.2) is 35.0 Å². The fourth-order valence-corrected chi connectivity index (χ4v) is 1.90. The highest BCUT2D eigenvalue weighted by Gasteiger charge is 2.19. The third-order valence-electron chi connectivity index (χ3n) is 2.71. The molecule has 18 heavy (non-hydrogen) atoms. The lowest BCUT2D eigenvalue weighted by molar-refractivity contribution is 0.293. The Bertz CT molecular complexity index is 553. The molecule has 3 rings (SSSR count). The van der Waals surface area contributed by atoms with Gasteiger partial charge in [-0.2, -0.15) is 4.98 Å². The van der Waals surface area contributed by atoms with Gasteiger partial charge in [0.15, 0.2) is 11.6 Å². The van der Waals surface area contributed by atoms with Gasteiger partial charge >= 0.3 is 0 Å². The number of hydrogen-bond acceptors (Lipinski definition) is 6. The fraction of sp³-hybridized carbons (Fsp3) is 0.333. The normalized spacial score (nSPS) is 13.6. The van der Waals surface area contributed by atoms with Crippen LogP contribution in [-0.2, 0) is 6.42 Å². The van der Waals surface area contributed by atoms with E-state index in [1.54, 1.807) is 0 Å². The molecule has 2 N–H and O–H groups in total. The Labute approximate surface area is 104 Å². The maximum Gasteiger partial charge on any atom is 0.261 e. The zero-order valence-corrected chi connectivity index (χ0v) is 9.72. The average Bonchev–Trinajstić information content (AvgIpc) is 2.87. The molecule has 0 atom stereocenters. The lowest BCUT2D eigenvalue weighted by atomic mass is 10.1. The lowest BCUT2D eigenvalue weighted by Gasteiger charge is -2.20. The van der Waals surface area contributed by atoms with Crippen LogP contribution in [0.5, 0.6) is 5.75 Å². The summed E-state index contributed by atoms with van der Waals surface area (Å²) in [4.78, 5) is 4.23. The van der Waals surface area contributed by atoms with Crippen molar-refractivity contribution in [2.45, 2.75) is 6.42 Å². The first-order chi connectivity index (χ1) is 8.88. The molecule has 2 aromatic rings. The smallest absolute Gasteiger partial charge is 0.261 e. The van der Waals surface area contributed by atoms with Gasteiger partial charge in [0.25, 0.3) is 5.89 Å². The van der Waals surface area contributed by atoms with Gasteiger partial charge < -0.3 is 19.7 Å². The molecular weight excluding hydrogens is 234 g/mol. The summed E-state index contributed by atoms with van der Waals surface area (Å²) in [5.74, 6) is 1.65. The largest absolute Gasteiger partial charge is 0.489 e. The molecule has 0 bridgehead atoms.